The van der Waals surface area contributed by atoms with Gasteiger partial charge >= 0.3 is 0 Å². The van der Waals surface area contributed by atoms with Gasteiger partial charge in [-0.1, -0.05) is 30.3 Å². The average molecular weight is 244 g/mol. The summed E-state index contributed by atoms with van der Waals surface area (Å²) in [5, 5.41) is 3.13. The molecule has 6 nitrogen and oxygen atoms in total. The third kappa shape index (κ3) is 2.42. The Kier molecular flexibility index (Phi) is 3.18. The quantitative estimate of drug-likeness (QED) is 0.648. The maximum Gasteiger partial charge on any atom is 0.227 e. The lowest BCUT2D eigenvalue weighted by molar-refractivity contribution is 0.863. The Balaban J connectivity index is 2.20. The van der Waals surface area contributed by atoms with Gasteiger partial charge in [-0.15, -0.1) is 0 Å². The van der Waals surface area contributed by atoms with Crippen LogP contribution in [0.2, 0.25) is 0 Å². The Morgan fingerprint density at radius 3 is 2.11 bits per heavy atom. The molecule has 0 aliphatic carbocycles. The topological polar surface area (TPSA) is 116 Å². The highest BCUT2D eigenvalue weighted by Crippen LogP contribution is 2.22. The van der Waals surface area contributed by atoms with E-state index in [0.717, 1.165) is 5.56 Å². The normalized spacial score (nSPS) is 12.1. The zero-order chi connectivity index (χ0) is 13.1. The third-order valence-corrected chi connectivity index (χ3v) is 2.65. The Bertz CT molecular complexity index is 517. The fraction of sp³-hybridized carbons (Fsp3) is 0.167. The first-order valence-electron chi connectivity index (χ1n) is 5.58. The van der Waals surface area contributed by atoms with E-state index in [9.17, 15) is 0 Å². The van der Waals surface area contributed by atoms with Crippen LogP contribution >= 0.6 is 0 Å². The summed E-state index contributed by atoms with van der Waals surface area (Å²) in [4.78, 5) is 8.10. The second-order valence-electron chi connectivity index (χ2n) is 4.01. The summed E-state index contributed by atoms with van der Waals surface area (Å²) >= 11 is 0. The van der Waals surface area contributed by atoms with Crippen molar-refractivity contribution in [2.75, 3.05) is 22.5 Å². The molecule has 1 heterocycles. The van der Waals surface area contributed by atoms with Crippen LogP contribution in [-0.2, 0) is 0 Å². The monoisotopic (exact) mass is 244 g/mol. The lowest BCUT2D eigenvalue weighted by Crippen LogP contribution is -2.13. The van der Waals surface area contributed by atoms with Crippen LogP contribution in [-0.4, -0.2) is 9.97 Å². The highest BCUT2D eigenvalue weighted by atomic mass is 15.2. The molecule has 0 radical (unpaired) electrons. The van der Waals surface area contributed by atoms with E-state index < -0.39 is 0 Å². The summed E-state index contributed by atoms with van der Waals surface area (Å²) in [6.07, 6.45) is 0. The first-order chi connectivity index (χ1) is 8.58. The molecule has 1 unspecified atom stereocenters. The predicted molar refractivity (Wildman–Crippen MR) is 73.7 cm³/mol. The van der Waals surface area contributed by atoms with E-state index in [1.165, 1.54) is 0 Å². The van der Waals surface area contributed by atoms with Gasteiger partial charge in [-0.05, 0) is 12.5 Å². The summed E-state index contributed by atoms with van der Waals surface area (Å²) < 4.78 is 0. The fourth-order valence-electron chi connectivity index (χ4n) is 1.59. The number of rotatable bonds is 3. The van der Waals surface area contributed by atoms with Crippen LogP contribution < -0.4 is 22.5 Å². The van der Waals surface area contributed by atoms with Crippen LogP contribution in [0.4, 0.5) is 23.3 Å². The van der Waals surface area contributed by atoms with Crippen molar-refractivity contribution in [3.8, 4) is 0 Å². The van der Waals surface area contributed by atoms with Gasteiger partial charge in [0.1, 0.15) is 5.69 Å². The molecular formula is C12H16N6. The summed E-state index contributed by atoms with van der Waals surface area (Å²) in [5.41, 5.74) is 18.2. The molecule has 6 heteroatoms. The standard InChI is InChI=1S/C12H16N6/c1-7(8-5-3-2-4-6-8)16-12-17-10(14)9(13)11(15)18-12/h2-7H,13H2,1H3,(H5,14,15,16,17,18). The van der Waals surface area contributed by atoms with Gasteiger partial charge in [0.05, 0.1) is 6.04 Å². The summed E-state index contributed by atoms with van der Waals surface area (Å²) in [5.74, 6) is 0.742. The number of benzene rings is 1. The van der Waals surface area contributed by atoms with E-state index in [0.29, 0.717) is 5.95 Å². The molecule has 0 fully saturated rings. The van der Waals surface area contributed by atoms with Crippen molar-refractivity contribution in [2.45, 2.75) is 13.0 Å². The van der Waals surface area contributed by atoms with Crippen molar-refractivity contribution < 1.29 is 0 Å². The Morgan fingerprint density at radius 1 is 1.00 bits per heavy atom. The number of aromatic nitrogens is 2. The maximum absolute atomic E-state index is 5.64. The zero-order valence-corrected chi connectivity index (χ0v) is 10.1. The number of anilines is 4. The molecule has 2 aromatic rings. The molecule has 1 aromatic heterocycles. The van der Waals surface area contributed by atoms with Gasteiger partial charge in [-0.25, -0.2) is 0 Å². The largest absolute Gasteiger partial charge is 0.393 e. The van der Waals surface area contributed by atoms with Gasteiger partial charge in [-0.2, -0.15) is 9.97 Å². The van der Waals surface area contributed by atoms with Crippen molar-refractivity contribution in [3.63, 3.8) is 0 Å². The minimum atomic E-state index is 0.0497. The lowest BCUT2D eigenvalue weighted by Gasteiger charge is -2.15. The van der Waals surface area contributed by atoms with Gasteiger partial charge in [0.15, 0.2) is 11.6 Å². The van der Waals surface area contributed by atoms with Crippen molar-refractivity contribution in [2.24, 2.45) is 0 Å². The van der Waals surface area contributed by atoms with Crippen molar-refractivity contribution in [1.82, 2.24) is 9.97 Å². The smallest absolute Gasteiger partial charge is 0.227 e. The van der Waals surface area contributed by atoms with Crippen molar-refractivity contribution >= 4 is 23.3 Å². The average Bonchev–Trinajstić information content (AvgIpc) is 2.37. The van der Waals surface area contributed by atoms with Crippen LogP contribution in [0.1, 0.15) is 18.5 Å². The Labute approximate surface area is 105 Å². The summed E-state index contributed by atoms with van der Waals surface area (Å²) in [6.45, 7) is 2.00. The van der Waals surface area contributed by atoms with E-state index in [2.05, 4.69) is 15.3 Å². The number of nitrogens with zero attached hydrogens (tertiary/aromatic N) is 2. The summed E-state index contributed by atoms with van der Waals surface area (Å²) in [7, 11) is 0. The molecule has 0 saturated carbocycles. The van der Waals surface area contributed by atoms with Gasteiger partial charge in [0, 0.05) is 0 Å². The first kappa shape index (κ1) is 12.0. The molecule has 1 atom stereocenters. The van der Waals surface area contributed by atoms with Crippen LogP contribution in [0, 0.1) is 0 Å². The van der Waals surface area contributed by atoms with E-state index >= 15 is 0 Å². The molecule has 0 aliphatic rings. The van der Waals surface area contributed by atoms with Gasteiger partial charge in [0.25, 0.3) is 0 Å². The van der Waals surface area contributed by atoms with Gasteiger partial charge in [0.2, 0.25) is 5.95 Å². The molecule has 0 bridgehead atoms. The number of nitrogens with two attached hydrogens (primary N) is 3. The molecule has 0 aliphatic heterocycles. The minimum Gasteiger partial charge on any atom is -0.393 e. The lowest BCUT2D eigenvalue weighted by atomic mass is 10.1. The fourth-order valence-corrected chi connectivity index (χ4v) is 1.59. The predicted octanol–water partition coefficient (Wildman–Crippen LogP) is 1.40. The number of hydrogen-bond acceptors (Lipinski definition) is 6. The van der Waals surface area contributed by atoms with Crippen molar-refractivity contribution in [1.29, 1.82) is 0 Å². The van der Waals surface area contributed by atoms with Gasteiger partial charge in [-0.3, -0.25) is 0 Å². The molecule has 94 valence electrons. The Hall–Kier alpha value is -2.50. The second-order valence-corrected chi connectivity index (χ2v) is 4.01. The van der Waals surface area contributed by atoms with E-state index in [4.69, 9.17) is 17.2 Å². The van der Waals surface area contributed by atoms with Crippen LogP contribution in [0.15, 0.2) is 30.3 Å². The highest BCUT2D eigenvalue weighted by molar-refractivity contribution is 5.72. The number of nitrogen functional groups attached to an aromatic ring is 3. The third-order valence-electron chi connectivity index (χ3n) is 2.65. The molecule has 18 heavy (non-hydrogen) atoms. The molecule has 7 N–H and O–H groups in total. The van der Waals surface area contributed by atoms with Crippen LogP contribution in [0.25, 0.3) is 0 Å². The second kappa shape index (κ2) is 4.79. The summed E-state index contributed by atoms with van der Waals surface area (Å²) in [6, 6.07) is 9.99. The van der Waals surface area contributed by atoms with Crippen molar-refractivity contribution in [3.05, 3.63) is 35.9 Å². The first-order valence-corrected chi connectivity index (χ1v) is 5.58. The highest BCUT2D eigenvalue weighted by Gasteiger charge is 2.10. The molecule has 0 saturated heterocycles. The van der Waals surface area contributed by atoms with E-state index in [1.54, 1.807) is 0 Å². The van der Waals surface area contributed by atoms with Crippen LogP contribution in [0.3, 0.4) is 0 Å². The van der Waals surface area contributed by atoms with E-state index in [-0.39, 0.29) is 23.4 Å². The van der Waals surface area contributed by atoms with Gasteiger partial charge < -0.3 is 22.5 Å². The molecule has 0 spiro atoms. The van der Waals surface area contributed by atoms with E-state index in [1.807, 2.05) is 37.3 Å². The minimum absolute atomic E-state index is 0.0497. The number of nitrogens with one attached hydrogen (secondary N) is 1. The molecule has 1 aromatic carbocycles. The molecule has 0 amide bonds. The zero-order valence-electron chi connectivity index (χ0n) is 10.1. The maximum atomic E-state index is 5.64. The van der Waals surface area contributed by atoms with Crippen LogP contribution in [0.5, 0.6) is 0 Å². The molecule has 2 rings (SSSR count). The Morgan fingerprint density at radius 2 is 1.56 bits per heavy atom. The number of hydrogen-bond donors (Lipinski definition) is 4. The SMILES string of the molecule is CC(Nc1nc(N)c(N)c(N)n1)c1ccccc1. The molecular weight excluding hydrogens is 228 g/mol.